The fourth-order valence-corrected chi connectivity index (χ4v) is 1.19. The van der Waals surface area contributed by atoms with Crippen molar-refractivity contribution in [2.75, 3.05) is 5.73 Å². The van der Waals surface area contributed by atoms with E-state index in [1.165, 1.54) is 6.20 Å². The first-order valence-electron chi connectivity index (χ1n) is 3.97. The van der Waals surface area contributed by atoms with Crippen LogP contribution >= 0.6 is 0 Å². The zero-order valence-corrected chi connectivity index (χ0v) is 7.19. The van der Waals surface area contributed by atoms with E-state index in [1.54, 1.807) is 6.07 Å². The molecule has 4 N–H and O–H groups in total. The molecule has 0 aliphatic carbocycles. The number of carboxylic acids is 1. The molecule has 6 nitrogen and oxygen atoms in total. The van der Waals surface area contributed by atoms with Crippen molar-refractivity contribution in [1.29, 1.82) is 0 Å². The molecule has 0 amide bonds. The number of carboxylic acid groups (broad SMARTS) is 1. The zero-order chi connectivity index (χ0) is 10.1. The van der Waals surface area contributed by atoms with Gasteiger partial charge in [-0.1, -0.05) is 0 Å². The minimum atomic E-state index is -0.933. The van der Waals surface area contributed by atoms with Crippen LogP contribution in [0, 0.1) is 0 Å². The van der Waals surface area contributed by atoms with Gasteiger partial charge < -0.3 is 15.8 Å². The standard InChI is InChI=1S/C8H8N4O2/c9-4-1-5-8(10-3-4)12-6(11-5)2-7(13)14/h1,3H,2,9H2,(H,13,14)(H,10,11,12). The Morgan fingerprint density at radius 2 is 2.43 bits per heavy atom. The van der Waals surface area contributed by atoms with Crippen LogP contribution in [0.2, 0.25) is 0 Å². The van der Waals surface area contributed by atoms with Crippen molar-refractivity contribution in [3.05, 3.63) is 18.1 Å². The fourth-order valence-electron chi connectivity index (χ4n) is 1.19. The number of H-pyrrole nitrogens is 1. The summed E-state index contributed by atoms with van der Waals surface area (Å²) in [5.74, 6) is -0.553. The smallest absolute Gasteiger partial charge is 0.311 e. The number of pyridine rings is 1. The van der Waals surface area contributed by atoms with E-state index in [0.717, 1.165) is 0 Å². The molecule has 0 saturated heterocycles. The van der Waals surface area contributed by atoms with Crippen LogP contribution in [0.1, 0.15) is 5.82 Å². The van der Waals surface area contributed by atoms with E-state index in [-0.39, 0.29) is 6.42 Å². The zero-order valence-electron chi connectivity index (χ0n) is 7.19. The quantitative estimate of drug-likeness (QED) is 0.628. The van der Waals surface area contributed by atoms with Crippen LogP contribution in [0.25, 0.3) is 11.2 Å². The maximum atomic E-state index is 10.4. The van der Waals surface area contributed by atoms with Crippen LogP contribution in [0.4, 0.5) is 5.69 Å². The van der Waals surface area contributed by atoms with Gasteiger partial charge in [0.25, 0.3) is 0 Å². The molecule has 2 rings (SSSR count). The lowest BCUT2D eigenvalue weighted by Crippen LogP contribution is -2.01. The summed E-state index contributed by atoms with van der Waals surface area (Å²) in [6, 6.07) is 1.67. The molecule has 2 heterocycles. The molecule has 0 spiro atoms. The Kier molecular flexibility index (Phi) is 1.81. The van der Waals surface area contributed by atoms with Gasteiger partial charge in [0.1, 0.15) is 12.2 Å². The number of nitrogens with zero attached hydrogens (tertiary/aromatic N) is 2. The number of aromatic nitrogens is 3. The van der Waals surface area contributed by atoms with E-state index in [4.69, 9.17) is 10.8 Å². The van der Waals surface area contributed by atoms with Gasteiger partial charge in [-0.15, -0.1) is 0 Å². The predicted octanol–water partition coefficient (Wildman–Crippen LogP) is 0.167. The molecule has 0 aliphatic rings. The van der Waals surface area contributed by atoms with Gasteiger partial charge in [0.2, 0.25) is 0 Å². The van der Waals surface area contributed by atoms with Crippen LogP contribution in [0.5, 0.6) is 0 Å². The van der Waals surface area contributed by atoms with Gasteiger partial charge in [-0.2, -0.15) is 0 Å². The predicted molar refractivity (Wildman–Crippen MR) is 49.6 cm³/mol. The second kappa shape index (κ2) is 2.99. The van der Waals surface area contributed by atoms with E-state index >= 15 is 0 Å². The molecule has 2 aromatic rings. The fraction of sp³-hybridized carbons (Fsp3) is 0.125. The van der Waals surface area contributed by atoms with Gasteiger partial charge in [0.05, 0.1) is 17.4 Å². The third kappa shape index (κ3) is 1.49. The first-order chi connectivity index (χ1) is 6.65. The Hall–Kier alpha value is -2.11. The summed E-state index contributed by atoms with van der Waals surface area (Å²) in [6.07, 6.45) is 1.34. The van der Waals surface area contributed by atoms with Crippen molar-refractivity contribution in [3.8, 4) is 0 Å². The molecule has 14 heavy (non-hydrogen) atoms. The van der Waals surface area contributed by atoms with E-state index in [0.29, 0.717) is 22.7 Å². The lowest BCUT2D eigenvalue weighted by Gasteiger charge is -1.89. The van der Waals surface area contributed by atoms with E-state index in [2.05, 4.69) is 15.0 Å². The number of nitrogens with two attached hydrogens (primary N) is 1. The number of anilines is 1. The van der Waals surface area contributed by atoms with Crippen molar-refractivity contribution in [2.45, 2.75) is 6.42 Å². The molecule has 0 saturated carbocycles. The van der Waals surface area contributed by atoms with Crippen LogP contribution < -0.4 is 5.73 Å². The highest BCUT2D eigenvalue weighted by Gasteiger charge is 2.07. The third-order valence-electron chi connectivity index (χ3n) is 1.73. The summed E-state index contributed by atoms with van der Waals surface area (Å²) >= 11 is 0. The molecule has 6 heteroatoms. The van der Waals surface area contributed by atoms with Crippen LogP contribution in [0.15, 0.2) is 12.3 Å². The monoisotopic (exact) mass is 192 g/mol. The van der Waals surface area contributed by atoms with Crippen molar-refractivity contribution >= 4 is 22.8 Å². The first-order valence-corrected chi connectivity index (χ1v) is 3.97. The first kappa shape index (κ1) is 8.49. The van der Waals surface area contributed by atoms with E-state index in [9.17, 15) is 4.79 Å². The summed E-state index contributed by atoms with van der Waals surface area (Å²) in [5.41, 5.74) is 7.16. The van der Waals surface area contributed by atoms with Crippen LogP contribution in [-0.2, 0) is 11.2 Å². The number of nitrogens with one attached hydrogen (secondary N) is 1. The van der Waals surface area contributed by atoms with Gasteiger partial charge in [0, 0.05) is 0 Å². The number of nitrogen functional groups attached to an aromatic ring is 1. The average molecular weight is 192 g/mol. The molecule has 0 aliphatic heterocycles. The lowest BCUT2D eigenvalue weighted by molar-refractivity contribution is -0.136. The maximum Gasteiger partial charge on any atom is 0.311 e. The molecule has 2 aromatic heterocycles. The Morgan fingerprint density at radius 3 is 3.14 bits per heavy atom. The molecular formula is C8H8N4O2. The van der Waals surface area contributed by atoms with Crippen molar-refractivity contribution in [3.63, 3.8) is 0 Å². The van der Waals surface area contributed by atoms with Gasteiger partial charge in [-0.25, -0.2) is 9.97 Å². The second-order valence-electron chi connectivity index (χ2n) is 2.89. The summed E-state index contributed by atoms with van der Waals surface area (Å²) < 4.78 is 0. The molecule has 0 radical (unpaired) electrons. The topological polar surface area (TPSA) is 105 Å². The Bertz CT molecular complexity index is 491. The maximum absolute atomic E-state index is 10.4. The second-order valence-corrected chi connectivity index (χ2v) is 2.89. The number of imidazole rings is 1. The van der Waals surface area contributed by atoms with E-state index in [1.807, 2.05) is 0 Å². The van der Waals surface area contributed by atoms with E-state index < -0.39 is 5.97 Å². The van der Waals surface area contributed by atoms with Crippen LogP contribution in [0.3, 0.4) is 0 Å². The lowest BCUT2D eigenvalue weighted by atomic mass is 10.4. The summed E-state index contributed by atoms with van der Waals surface area (Å²) in [5, 5.41) is 8.54. The molecule has 0 aromatic carbocycles. The van der Waals surface area contributed by atoms with Crippen molar-refractivity contribution in [1.82, 2.24) is 15.0 Å². The number of aromatic amines is 1. The summed E-state index contributed by atoms with van der Waals surface area (Å²) in [4.78, 5) is 21.2. The highest BCUT2D eigenvalue weighted by Crippen LogP contribution is 2.11. The number of hydrogen-bond donors (Lipinski definition) is 3. The Balaban J connectivity index is 2.46. The Labute approximate surface area is 78.8 Å². The molecule has 0 bridgehead atoms. The molecular weight excluding hydrogens is 184 g/mol. The van der Waals surface area contributed by atoms with Crippen molar-refractivity contribution < 1.29 is 9.90 Å². The number of aliphatic carboxylic acids is 1. The molecule has 0 atom stereocenters. The number of fused-ring (bicyclic) bond motifs is 1. The number of rotatable bonds is 2. The normalized spacial score (nSPS) is 10.6. The van der Waals surface area contributed by atoms with Gasteiger partial charge in [-0.3, -0.25) is 4.79 Å². The highest BCUT2D eigenvalue weighted by atomic mass is 16.4. The molecule has 0 unspecified atom stereocenters. The van der Waals surface area contributed by atoms with Gasteiger partial charge in [0.15, 0.2) is 5.65 Å². The van der Waals surface area contributed by atoms with Gasteiger partial charge >= 0.3 is 5.97 Å². The van der Waals surface area contributed by atoms with Crippen molar-refractivity contribution in [2.24, 2.45) is 0 Å². The average Bonchev–Trinajstić information content (AvgIpc) is 2.44. The highest BCUT2D eigenvalue weighted by molar-refractivity contribution is 5.76. The largest absolute Gasteiger partial charge is 0.481 e. The molecule has 0 fully saturated rings. The SMILES string of the molecule is Nc1cnc2nc(CC(=O)O)[nH]c2c1. The van der Waals surface area contributed by atoms with Crippen LogP contribution in [-0.4, -0.2) is 26.0 Å². The minimum Gasteiger partial charge on any atom is -0.481 e. The Morgan fingerprint density at radius 1 is 1.64 bits per heavy atom. The molecule has 72 valence electrons. The minimum absolute atomic E-state index is 0.143. The third-order valence-corrected chi connectivity index (χ3v) is 1.73. The van der Waals surface area contributed by atoms with Gasteiger partial charge in [-0.05, 0) is 6.07 Å². The number of carbonyl (C=O) groups is 1. The summed E-state index contributed by atoms with van der Waals surface area (Å²) in [7, 11) is 0. The number of hydrogen-bond acceptors (Lipinski definition) is 4. The summed E-state index contributed by atoms with van der Waals surface area (Å²) in [6.45, 7) is 0.